The number of fused-ring (bicyclic) bond motifs is 6. The number of hydrogen-bond donors (Lipinski definition) is 2. The molecule has 0 amide bonds. The molecule has 0 radical (unpaired) electrons. The molecule has 1 atom stereocenters. The molecule has 7 heteroatoms. The second-order valence-corrected chi connectivity index (χ2v) is 11.1. The average Bonchev–Trinajstić information content (AvgIpc) is 3.55. The molecule has 2 saturated heterocycles. The van der Waals surface area contributed by atoms with Gasteiger partial charge < -0.3 is 24.3 Å². The van der Waals surface area contributed by atoms with Gasteiger partial charge in [0.2, 0.25) is 0 Å². The summed E-state index contributed by atoms with van der Waals surface area (Å²) in [4.78, 5) is 8.53. The Kier molecular flexibility index (Phi) is 4.48. The van der Waals surface area contributed by atoms with E-state index in [4.69, 9.17) is 19.0 Å². The van der Waals surface area contributed by atoms with E-state index in [1.165, 1.54) is 17.4 Å². The van der Waals surface area contributed by atoms with Gasteiger partial charge in [0.1, 0.15) is 18.2 Å². The number of ether oxygens (including phenoxy) is 1. The highest BCUT2D eigenvalue weighted by Gasteiger charge is 2.51. The van der Waals surface area contributed by atoms with Crippen molar-refractivity contribution in [2.24, 2.45) is 0 Å². The summed E-state index contributed by atoms with van der Waals surface area (Å²) in [6.45, 7) is 9.91. The molecule has 2 N–H and O–H groups in total. The summed E-state index contributed by atoms with van der Waals surface area (Å²) < 4.78 is 18.8. The predicted octanol–water partition coefficient (Wildman–Crippen LogP) is 5.00. The molecular formula is C28H30BN3O3. The lowest BCUT2D eigenvalue weighted by Crippen LogP contribution is -2.41. The molecule has 6 nitrogen and oxygen atoms in total. The zero-order chi connectivity index (χ0) is 23.9. The van der Waals surface area contributed by atoms with Crippen molar-refractivity contribution in [2.75, 3.05) is 6.54 Å². The fourth-order valence-electron chi connectivity index (χ4n) is 5.53. The van der Waals surface area contributed by atoms with Gasteiger partial charge in [-0.2, -0.15) is 0 Å². The van der Waals surface area contributed by atoms with Crippen LogP contribution >= 0.6 is 0 Å². The zero-order valence-corrected chi connectivity index (χ0v) is 20.7. The molecule has 7 rings (SSSR count). The molecule has 178 valence electrons. The summed E-state index contributed by atoms with van der Waals surface area (Å²) in [7, 11) is -0.375. The van der Waals surface area contributed by atoms with Crippen LogP contribution < -0.4 is 15.5 Å². The van der Waals surface area contributed by atoms with Gasteiger partial charge in [0.05, 0.1) is 28.3 Å². The quantitative estimate of drug-likeness (QED) is 0.406. The first-order valence-electron chi connectivity index (χ1n) is 12.6. The SMILES string of the molecule is CC1(C)OB(c2ccc3c(c2)COc2cc4c(ccc5[nH]c([C@@H]6CCCN6)nc54)cc2-3)OC1(C)C. The number of aromatic amines is 1. The van der Waals surface area contributed by atoms with E-state index in [9.17, 15) is 0 Å². The van der Waals surface area contributed by atoms with Crippen molar-refractivity contribution in [3.05, 3.63) is 53.9 Å². The van der Waals surface area contributed by atoms with E-state index in [1.54, 1.807) is 0 Å². The highest BCUT2D eigenvalue weighted by molar-refractivity contribution is 6.62. The smallest absolute Gasteiger partial charge is 0.488 e. The van der Waals surface area contributed by atoms with Gasteiger partial charge in [-0.05, 0) is 87.3 Å². The first-order chi connectivity index (χ1) is 16.8. The zero-order valence-electron chi connectivity index (χ0n) is 20.7. The fraction of sp³-hybridized carbons (Fsp3) is 0.393. The van der Waals surface area contributed by atoms with Crippen LogP contribution in [0.2, 0.25) is 0 Å². The summed E-state index contributed by atoms with van der Waals surface area (Å²) in [5, 5.41) is 5.83. The van der Waals surface area contributed by atoms with Crippen molar-refractivity contribution in [2.45, 2.75) is 64.4 Å². The van der Waals surface area contributed by atoms with E-state index in [1.807, 2.05) is 0 Å². The van der Waals surface area contributed by atoms with Crippen LogP contribution in [-0.2, 0) is 15.9 Å². The average molecular weight is 467 g/mol. The Morgan fingerprint density at radius 2 is 1.80 bits per heavy atom. The Labute approximate surface area is 205 Å². The number of hydrogen-bond acceptors (Lipinski definition) is 5. The van der Waals surface area contributed by atoms with Crippen molar-refractivity contribution in [3.63, 3.8) is 0 Å². The number of nitrogens with one attached hydrogen (secondary N) is 2. The second kappa shape index (κ2) is 7.32. The summed E-state index contributed by atoms with van der Waals surface area (Å²) in [5.74, 6) is 1.94. The van der Waals surface area contributed by atoms with Crippen LogP contribution in [0.3, 0.4) is 0 Å². The lowest BCUT2D eigenvalue weighted by atomic mass is 9.77. The maximum absolute atomic E-state index is 6.28. The van der Waals surface area contributed by atoms with Crippen LogP contribution in [0.5, 0.6) is 5.75 Å². The molecule has 3 aromatic carbocycles. The van der Waals surface area contributed by atoms with Gasteiger partial charge in [-0.25, -0.2) is 4.98 Å². The number of H-pyrrole nitrogens is 1. The third kappa shape index (κ3) is 3.25. The summed E-state index contributed by atoms with van der Waals surface area (Å²) >= 11 is 0. The minimum Gasteiger partial charge on any atom is -0.488 e. The molecule has 3 aliphatic heterocycles. The highest BCUT2D eigenvalue weighted by atomic mass is 16.7. The Hall–Kier alpha value is -2.87. The van der Waals surface area contributed by atoms with Crippen molar-refractivity contribution < 1.29 is 14.0 Å². The van der Waals surface area contributed by atoms with Crippen molar-refractivity contribution >= 4 is 34.4 Å². The van der Waals surface area contributed by atoms with Crippen molar-refractivity contribution in [3.8, 4) is 16.9 Å². The van der Waals surface area contributed by atoms with Gasteiger partial charge in [-0.3, -0.25) is 0 Å². The molecule has 0 spiro atoms. The van der Waals surface area contributed by atoms with Crippen molar-refractivity contribution in [1.82, 2.24) is 15.3 Å². The standard InChI is InChI=1S/C28H30BN3O3/c1-27(2)28(3,4)35-29(34-27)18-8-9-19-17(12-18)15-33-24-14-20-16(13-21(19)24)7-10-22-25(20)32-26(31-22)23-6-5-11-30-23/h7-10,12-14,23,30H,5-6,11,15H2,1-4H3,(H,31,32)/t23-/m0/s1. The van der Waals surface area contributed by atoms with Gasteiger partial charge in [-0.15, -0.1) is 0 Å². The summed E-state index contributed by atoms with van der Waals surface area (Å²) in [6, 6.07) is 15.5. The Morgan fingerprint density at radius 1 is 0.971 bits per heavy atom. The number of nitrogens with zero attached hydrogens (tertiary/aromatic N) is 1. The summed E-state index contributed by atoms with van der Waals surface area (Å²) in [5.41, 5.74) is 5.87. The van der Waals surface area contributed by atoms with Crippen LogP contribution in [-0.4, -0.2) is 34.8 Å². The molecule has 2 fully saturated rings. The monoisotopic (exact) mass is 467 g/mol. The van der Waals surface area contributed by atoms with Gasteiger partial charge >= 0.3 is 7.12 Å². The summed E-state index contributed by atoms with van der Waals surface area (Å²) in [6.07, 6.45) is 2.32. The number of rotatable bonds is 2. The topological polar surface area (TPSA) is 68.4 Å². The largest absolute Gasteiger partial charge is 0.494 e. The first kappa shape index (κ1) is 21.4. The lowest BCUT2D eigenvalue weighted by Gasteiger charge is -2.32. The van der Waals surface area contributed by atoms with E-state index < -0.39 is 0 Å². The maximum Gasteiger partial charge on any atom is 0.494 e. The van der Waals surface area contributed by atoms with Crippen LogP contribution in [0.1, 0.15) is 58.0 Å². The molecule has 0 bridgehead atoms. The van der Waals surface area contributed by atoms with Crippen LogP contribution in [0, 0.1) is 0 Å². The van der Waals surface area contributed by atoms with E-state index in [0.717, 1.165) is 57.5 Å². The van der Waals surface area contributed by atoms with E-state index in [0.29, 0.717) is 12.6 Å². The Balaban J connectivity index is 1.28. The molecule has 0 unspecified atom stereocenters. The molecule has 4 heterocycles. The van der Waals surface area contributed by atoms with Gasteiger partial charge in [0.25, 0.3) is 0 Å². The van der Waals surface area contributed by atoms with Crippen molar-refractivity contribution in [1.29, 1.82) is 0 Å². The molecular weight excluding hydrogens is 437 g/mol. The Morgan fingerprint density at radius 3 is 2.57 bits per heavy atom. The van der Waals surface area contributed by atoms with Gasteiger partial charge in [0.15, 0.2) is 0 Å². The number of benzene rings is 3. The van der Waals surface area contributed by atoms with Crippen LogP contribution in [0.25, 0.3) is 32.9 Å². The first-order valence-corrected chi connectivity index (χ1v) is 12.6. The predicted molar refractivity (Wildman–Crippen MR) is 139 cm³/mol. The van der Waals surface area contributed by atoms with Gasteiger partial charge in [-0.1, -0.05) is 24.3 Å². The molecule has 4 aromatic rings. The van der Waals surface area contributed by atoms with Gasteiger partial charge in [0, 0.05) is 10.9 Å². The highest BCUT2D eigenvalue weighted by Crippen LogP contribution is 2.42. The van der Waals surface area contributed by atoms with Crippen LogP contribution in [0.4, 0.5) is 0 Å². The third-order valence-corrected chi connectivity index (χ3v) is 8.30. The lowest BCUT2D eigenvalue weighted by molar-refractivity contribution is 0.00578. The van der Waals surface area contributed by atoms with E-state index in [-0.39, 0.29) is 18.3 Å². The second-order valence-electron chi connectivity index (χ2n) is 11.1. The van der Waals surface area contributed by atoms with E-state index in [2.05, 4.69) is 80.5 Å². The van der Waals surface area contributed by atoms with E-state index >= 15 is 0 Å². The molecule has 3 aliphatic rings. The molecule has 1 aromatic heterocycles. The van der Waals surface area contributed by atoms with Crippen LogP contribution in [0.15, 0.2) is 42.5 Å². The molecule has 35 heavy (non-hydrogen) atoms. The fourth-order valence-corrected chi connectivity index (χ4v) is 5.53. The Bertz CT molecular complexity index is 1470. The molecule has 0 saturated carbocycles. The third-order valence-electron chi connectivity index (χ3n) is 8.30. The molecule has 0 aliphatic carbocycles. The minimum absolute atomic E-state index is 0.316. The normalized spacial score (nSPS) is 22.4. The minimum atomic E-state index is -0.375. The maximum atomic E-state index is 6.28. The number of imidazole rings is 1. The number of aromatic nitrogens is 2.